The van der Waals surface area contributed by atoms with Crippen molar-refractivity contribution in [1.82, 2.24) is 4.57 Å². The topological polar surface area (TPSA) is 30.9 Å². The van der Waals surface area contributed by atoms with Crippen molar-refractivity contribution in [2.45, 2.75) is 32.7 Å². The van der Waals surface area contributed by atoms with E-state index in [9.17, 15) is 0 Å². The van der Waals surface area contributed by atoms with Gasteiger partial charge in [0.25, 0.3) is 0 Å². The Kier molecular flexibility index (Phi) is 2.76. The van der Waals surface area contributed by atoms with E-state index in [4.69, 9.17) is 5.73 Å². The molecule has 0 spiro atoms. The predicted octanol–water partition coefficient (Wildman–Crippen LogP) is 2.90. The molecule has 16 heavy (non-hydrogen) atoms. The van der Waals surface area contributed by atoms with Gasteiger partial charge in [0, 0.05) is 12.7 Å². The fourth-order valence-corrected chi connectivity index (χ4v) is 2.16. The van der Waals surface area contributed by atoms with Crippen LogP contribution in [0.1, 0.15) is 26.3 Å². The molecule has 1 aromatic carbocycles. The number of hydrogen-bond donors (Lipinski definition) is 1. The fraction of sp³-hybridized carbons (Fsp3) is 0.429. The Morgan fingerprint density at radius 1 is 1.25 bits per heavy atom. The van der Waals surface area contributed by atoms with Crippen LogP contribution in [0.25, 0.3) is 10.9 Å². The highest BCUT2D eigenvalue weighted by Crippen LogP contribution is 2.26. The van der Waals surface area contributed by atoms with Crippen LogP contribution >= 0.6 is 0 Å². The van der Waals surface area contributed by atoms with Gasteiger partial charge in [0.1, 0.15) is 0 Å². The molecule has 0 aliphatic heterocycles. The molecule has 0 aliphatic rings. The number of aromatic nitrogens is 1. The second-order valence-corrected chi connectivity index (χ2v) is 4.91. The Morgan fingerprint density at radius 2 is 2.00 bits per heavy atom. The SMILES string of the molecule is CCc1cccc2ccn(C(C)(C)CN)c12. The van der Waals surface area contributed by atoms with Gasteiger partial charge in [0.15, 0.2) is 0 Å². The molecule has 1 heterocycles. The predicted molar refractivity (Wildman–Crippen MR) is 69.7 cm³/mol. The lowest BCUT2D eigenvalue weighted by Crippen LogP contribution is -2.34. The maximum Gasteiger partial charge on any atom is 0.0518 e. The van der Waals surface area contributed by atoms with E-state index in [-0.39, 0.29) is 5.54 Å². The summed E-state index contributed by atoms with van der Waals surface area (Å²) in [6.07, 6.45) is 3.21. The van der Waals surface area contributed by atoms with E-state index in [1.165, 1.54) is 16.5 Å². The zero-order valence-electron chi connectivity index (χ0n) is 10.3. The third kappa shape index (κ3) is 1.63. The molecule has 0 bridgehead atoms. The summed E-state index contributed by atoms with van der Waals surface area (Å²) in [4.78, 5) is 0. The number of para-hydroxylation sites is 1. The minimum atomic E-state index is -0.0208. The van der Waals surface area contributed by atoms with Gasteiger partial charge in [0.05, 0.1) is 11.1 Å². The van der Waals surface area contributed by atoms with Crippen LogP contribution in [-0.4, -0.2) is 11.1 Å². The van der Waals surface area contributed by atoms with Crippen LogP contribution in [0.4, 0.5) is 0 Å². The Labute approximate surface area is 97.1 Å². The lowest BCUT2D eigenvalue weighted by atomic mass is 10.0. The van der Waals surface area contributed by atoms with Crippen molar-refractivity contribution in [3.63, 3.8) is 0 Å². The molecule has 0 aliphatic carbocycles. The van der Waals surface area contributed by atoms with Crippen molar-refractivity contribution in [2.75, 3.05) is 6.54 Å². The highest BCUT2D eigenvalue weighted by molar-refractivity contribution is 5.83. The summed E-state index contributed by atoms with van der Waals surface area (Å²) in [6, 6.07) is 8.66. The lowest BCUT2D eigenvalue weighted by Gasteiger charge is -2.27. The van der Waals surface area contributed by atoms with E-state index in [2.05, 4.69) is 55.8 Å². The first kappa shape index (κ1) is 11.2. The smallest absolute Gasteiger partial charge is 0.0518 e. The number of benzene rings is 1. The van der Waals surface area contributed by atoms with E-state index in [0.29, 0.717) is 6.54 Å². The molecule has 1 aromatic heterocycles. The van der Waals surface area contributed by atoms with Crippen LogP contribution in [0.5, 0.6) is 0 Å². The highest BCUT2D eigenvalue weighted by atomic mass is 15.1. The minimum Gasteiger partial charge on any atom is -0.340 e. The van der Waals surface area contributed by atoms with Crippen molar-refractivity contribution in [3.05, 3.63) is 36.0 Å². The van der Waals surface area contributed by atoms with Crippen LogP contribution in [0.2, 0.25) is 0 Å². The zero-order valence-corrected chi connectivity index (χ0v) is 10.3. The summed E-state index contributed by atoms with van der Waals surface area (Å²) < 4.78 is 2.31. The Hall–Kier alpha value is -1.28. The Balaban J connectivity index is 2.72. The second-order valence-electron chi connectivity index (χ2n) is 4.91. The lowest BCUT2D eigenvalue weighted by molar-refractivity contribution is 0.379. The molecule has 2 aromatic rings. The number of hydrogen-bond acceptors (Lipinski definition) is 1. The van der Waals surface area contributed by atoms with Crippen LogP contribution in [-0.2, 0) is 12.0 Å². The highest BCUT2D eigenvalue weighted by Gasteiger charge is 2.20. The number of aryl methyl sites for hydroxylation is 1. The number of rotatable bonds is 3. The summed E-state index contributed by atoms with van der Waals surface area (Å²) in [7, 11) is 0. The second kappa shape index (κ2) is 3.95. The van der Waals surface area contributed by atoms with E-state index in [1.54, 1.807) is 0 Å². The molecule has 2 rings (SSSR count). The fourth-order valence-electron chi connectivity index (χ4n) is 2.16. The summed E-state index contributed by atoms with van der Waals surface area (Å²) in [6.45, 7) is 7.20. The monoisotopic (exact) mass is 216 g/mol. The van der Waals surface area contributed by atoms with Gasteiger partial charge in [-0.3, -0.25) is 0 Å². The number of nitrogens with zero attached hydrogens (tertiary/aromatic N) is 1. The normalized spacial score (nSPS) is 12.2. The molecule has 0 unspecified atom stereocenters. The van der Waals surface area contributed by atoms with Gasteiger partial charge < -0.3 is 10.3 Å². The van der Waals surface area contributed by atoms with E-state index in [0.717, 1.165) is 6.42 Å². The van der Waals surface area contributed by atoms with E-state index < -0.39 is 0 Å². The number of nitrogens with two attached hydrogens (primary N) is 1. The van der Waals surface area contributed by atoms with E-state index in [1.807, 2.05) is 0 Å². The summed E-state index contributed by atoms with van der Waals surface area (Å²) in [5.41, 5.74) is 8.56. The van der Waals surface area contributed by atoms with Crippen molar-refractivity contribution < 1.29 is 0 Å². The summed E-state index contributed by atoms with van der Waals surface area (Å²) in [5.74, 6) is 0. The average molecular weight is 216 g/mol. The average Bonchev–Trinajstić information content (AvgIpc) is 2.73. The van der Waals surface area contributed by atoms with E-state index >= 15 is 0 Å². The van der Waals surface area contributed by atoms with Gasteiger partial charge in [-0.05, 0) is 37.3 Å². The Bertz CT molecular complexity index is 494. The largest absolute Gasteiger partial charge is 0.340 e. The maximum absolute atomic E-state index is 5.86. The van der Waals surface area contributed by atoms with Gasteiger partial charge >= 0.3 is 0 Å². The quantitative estimate of drug-likeness (QED) is 0.840. The molecular formula is C14H20N2. The van der Waals surface area contributed by atoms with Crippen molar-refractivity contribution >= 4 is 10.9 Å². The third-order valence-corrected chi connectivity index (χ3v) is 3.33. The summed E-state index contributed by atoms with van der Waals surface area (Å²) >= 11 is 0. The standard InChI is InChI=1S/C14H20N2/c1-4-11-6-5-7-12-8-9-16(13(11)12)14(2,3)10-15/h5-9H,4,10,15H2,1-3H3. The summed E-state index contributed by atoms with van der Waals surface area (Å²) in [5, 5.41) is 1.31. The number of fused-ring (bicyclic) bond motifs is 1. The molecule has 0 saturated heterocycles. The zero-order chi connectivity index (χ0) is 11.8. The molecular weight excluding hydrogens is 196 g/mol. The minimum absolute atomic E-state index is 0.0208. The molecule has 0 fully saturated rings. The molecule has 2 heteroatoms. The third-order valence-electron chi connectivity index (χ3n) is 3.33. The van der Waals surface area contributed by atoms with Gasteiger partial charge in [0.2, 0.25) is 0 Å². The molecule has 0 amide bonds. The first-order valence-electron chi connectivity index (χ1n) is 5.89. The van der Waals surface area contributed by atoms with Crippen molar-refractivity contribution in [1.29, 1.82) is 0 Å². The van der Waals surface area contributed by atoms with Gasteiger partial charge in [-0.1, -0.05) is 25.1 Å². The first-order valence-corrected chi connectivity index (χ1v) is 5.89. The van der Waals surface area contributed by atoms with Crippen molar-refractivity contribution in [3.8, 4) is 0 Å². The van der Waals surface area contributed by atoms with Crippen LogP contribution in [0.3, 0.4) is 0 Å². The molecule has 0 atom stereocenters. The molecule has 86 valence electrons. The van der Waals surface area contributed by atoms with Gasteiger partial charge in [-0.2, -0.15) is 0 Å². The first-order chi connectivity index (χ1) is 7.60. The molecule has 0 saturated carbocycles. The van der Waals surface area contributed by atoms with Crippen LogP contribution in [0, 0.1) is 0 Å². The molecule has 2 N–H and O–H groups in total. The van der Waals surface area contributed by atoms with Crippen LogP contribution in [0.15, 0.2) is 30.5 Å². The Morgan fingerprint density at radius 3 is 2.62 bits per heavy atom. The molecule has 0 radical (unpaired) electrons. The van der Waals surface area contributed by atoms with Gasteiger partial charge in [-0.15, -0.1) is 0 Å². The van der Waals surface area contributed by atoms with Crippen LogP contribution < -0.4 is 5.73 Å². The molecule has 2 nitrogen and oxygen atoms in total. The van der Waals surface area contributed by atoms with Gasteiger partial charge in [-0.25, -0.2) is 0 Å². The van der Waals surface area contributed by atoms with Crippen molar-refractivity contribution in [2.24, 2.45) is 5.73 Å². The maximum atomic E-state index is 5.86.